The summed E-state index contributed by atoms with van der Waals surface area (Å²) in [4.78, 5) is 16.7. The number of piperazine rings is 1. The monoisotopic (exact) mass is 442 g/mol. The zero-order chi connectivity index (χ0) is 23.1. The molecule has 0 amide bonds. The zero-order valence-electron chi connectivity index (χ0n) is 20.0. The lowest BCUT2D eigenvalue weighted by atomic mass is 9.99. The highest BCUT2D eigenvalue weighted by atomic mass is 16.5. The topological polar surface area (TPSA) is 110 Å². The van der Waals surface area contributed by atoms with Crippen LogP contribution in [0.2, 0.25) is 0 Å². The fraction of sp³-hybridized carbons (Fsp3) is 0.652. The molecule has 176 valence electrons. The summed E-state index contributed by atoms with van der Waals surface area (Å²) < 4.78 is 5.52. The molecule has 0 aliphatic carbocycles. The summed E-state index contributed by atoms with van der Waals surface area (Å²) in [5.74, 6) is 2.17. The molecule has 4 N–H and O–H groups in total. The highest BCUT2D eigenvalue weighted by molar-refractivity contribution is 6.11. The smallest absolute Gasteiger partial charge is 0.223 e. The van der Waals surface area contributed by atoms with Gasteiger partial charge in [0.2, 0.25) is 5.96 Å². The number of hydrogen-bond donors (Lipinski definition) is 4. The minimum atomic E-state index is -0.334. The van der Waals surface area contributed by atoms with Gasteiger partial charge in [-0.05, 0) is 51.8 Å². The van der Waals surface area contributed by atoms with Crippen molar-refractivity contribution in [2.45, 2.75) is 65.2 Å². The summed E-state index contributed by atoms with van der Waals surface area (Å²) in [6.07, 6.45) is 2.42. The summed E-state index contributed by atoms with van der Waals surface area (Å²) in [6, 6.07) is 4.01. The number of anilines is 1. The molecule has 9 nitrogen and oxygen atoms in total. The molecule has 0 saturated carbocycles. The Morgan fingerprint density at radius 2 is 2.16 bits per heavy atom. The van der Waals surface area contributed by atoms with Crippen LogP contribution in [0.25, 0.3) is 0 Å². The van der Waals surface area contributed by atoms with Crippen molar-refractivity contribution in [1.82, 2.24) is 20.5 Å². The number of hydrogen-bond acceptors (Lipinski definition) is 9. The molecule has 1 fully saturated rings. The van der Waals surface area contributed by atoms with Gasteiger partial charge in [0.15, 0.2) is 0 Å². The van der Waals surface area contributed by atoms with E-state index in [1.165, 1.54) is 0 Å². The van der Waals surface area contributed by atoms with E-state index < -0.39 is 0 Å². The third kappa shape index (κ3) is 6.11. The standard InChI is InChI=1S/C23H38N8O/c1-6-18(24)20-21(26-10-11-32-7-2)22(28-19-12-15(3)8-9-25-19)30-23(29-20)31-14-16(4)27-13-17(31)5/h8-9,12,16-17,20-21,24,26-27H,6-7,10-11,13-14H2,1-5H3,(H,25,28,29,30)/t16-,17+,20?,21?/m1/s1. The molecular weight excluding hydrogens is 404 g/mol. The van der Waals surface area contributed by atoms with Crippen LogP contribution in [0.3, 0.4) is 0 Å². The summed E-state index contributed by atoms with van der Waals surface area (Å²) in [5.41, 5.74) is 1.70. The molecule has 32 heavy (non-hydrogen) atoms. The molecule has 1 saturated heterocycles. The van der Waals surface area contributed by atoms with Gasteiger partial charge in [-0.15, -0.1) is 0 Å². The Labute approximate surface area is 191 Å². The lowest BCUT2D eigenvalue weighted by molar-refractivity contribution is 0.148. The third-order valence-electron chi connectivity index (χ3n) is 5.83. The van der Waals surface area contributed by atoms with Crippen LogP contribution in [0, 0.1) is 12.3 Å². The van der Waals surface area contributed by atoms with Gasteiger partial charge in [0, 0.05) is 50.2 Å². The quantitative estimate of drug-likeness (QED) is 0.362. The third-order valence-corrected chi connectivity index (χ3v) is 5.83. The van der Waals surface area contributed by atoms with Crippen molar-refractivity contribution in [2.75, 3.05) is 38.2 Å². The molecule has 4 atom stereocenters. The number of aromatic nitrogens is 1. The van der Waals surface area contributed by atoms with Gasteiger partial charge < -0.3 is 31.0 Å². The number of aryl methyl sites for hydroxylation is 1. The van der Waals surface area contributed by atoms with Crippen molar-refractivity contribution in [2.24, 2.45) is 9.98 Å². The average molecular weight is 443 g/mol. The Morgan fingerprint density at radius 3 is 2.88 bits per heavy atom. The van der Waals surface area contributed by atoms with Gasteiger partial charge in [-0.25, -0.2) is 9.98 Å². The van der Waals surface area contributed by atoms with Crippen molar-refractivity contribution in [3.8, 4) is 0 Å². The van der Waals surface area contributed by atoms with E-state index in [-0.39, 0.29) is 18.1 Å². The predicted molar refractivity (Wildman–Crippen MR) is 131 cm³/mol. The first-order chi connectivity index (χ1) is 15.4. The number of amidine groups is 1. The van der Waals surface area contributed by atoms with Gasteiger partial charge >= 0.3 is 0 Å². The Hall–Kier alpha value is -2.36. The second-order valence-electron chi connectivity index (χ2n) is 8.53. The van der Waals surface area contributed by atoms with Crippen LogP contribution in [-0.2, 0) is 4.74 Å². The van der Waals surface area contributed by atoms with Crippen LogP contribution in [0.4, 0.5) is 5.82 Å². The molecule has 1 aromatic heterocycles. The van der Waals surface area contributed by atoms with Crippen molar-refractivity contribution < 1.29 is 4.74 Å². The highest BCUT2D eigenvalue weighted by Crippen LogP contribution is 2.19. The van der Waals surface area contributed by atoms with Crippen LogP contribution in [0.15, 0.2) is 28.3 Å². The first-order valence-electron chi connectivity index (χ1n) is 11.7. The number of ether oxygens (including phenoxy) is 1. The van der Waals surface area contributed by atoms with Gasteiger partial charge in [0.25, 0.3) is 0 Å². The lowest BCUT2D eigenvalue weighted by Gasteiger charge is -2.41. The van der Waals surface area contributed by atoms with Crippen LogP contribution < -0.4 is 16.0 Å². The fourth-order valence-electron chi connectivity index (χ4n) is 3.96. The number of pyridine rings is 1. The molecular formula is C23H38N8O. The van der Waals surface area contributed by atoms with Crippen molar-refractivity contribution >= 4 is 23.3 Å². The Bertz CT molecular complexity index is 839. The Balaban J connectivity index is 1.95. The Kier molecular flexibility index (Phi) is 8.72. The molecule has 3 rings (SSSR count). The predicted octanol–water partition coefficient (Wildman–Crippen LogP) is 2.05. The van der Waals surface area contributed by atoms with Crippen LogP contribution in [0.5, 0.6) is 0 Å². The average Bonchev–Trinajstić information content (AvgIpc) is 2.78. The van der Waals surface area contributed by atoms with Crippen molar-refractivity contribution in [3.63, 3.8) is 0 Å². The van der Waals surface area contributed by atoms with E-state index >= 15 is 0 Å². The van der Waals surface area contributed by atoms with E-state index in [4.69, 9.17) is 20.1 Å². The van der Waals surface area contributed by atoms with Gasteiger partial charge in [-0.3, -0.25) is 0 Å². The lowest BCUT2D eigenvalue weighted by Crippen LogP contribution is -2.59. The molecule has 2 aliphatic rings. The SMILES string of the molecule is CCOCCNC1C(Nc2cc(C)ccn2)=NC(N2C[C@@H](C)NC[C@@H]2C)=NC1C(=N)CC. The molecule has 0 bridgehead atoms. The minimum absolute atomic E-state index is 0.246. The van der Waals surface area contributed by atoms with E-state index in [2.05, 4.69) is 39.7 Å². The van der Waals surface area contributed by atoms with Crippen LogP contribution in [-0.4, -0.2) is 84.4 Å². The molecule has 1 aromatic rings. The second-order valence-corrected chi connectivity index (χ2v) is 8.53. The van der Waals surface area contributed by atoms with Crippen LogP contribution in [0.1, 0.15) is 39.7 Å². The first-order valence-corrected chi connectivity index (χ1v) is 11.7. The minimum Gasteiger partial charge on any atom is -0.380 e. The largest absolute Gasteiger partial charge is 0.380 e. The molecule has 0 aromatic carbocycles. The van der Waals surface area contributed by atoms with Crippen molar-refractivity contribution in [1.29, 1.82) is 5.41 Å². The highest BCUT2D eigenvalue weighted by Gasteiger charge is 2.36. The van der Waals surface area contributed by atoms with E-state index in [0.29, 0.717) is 43.9 Å². The fourth-order valence-corrected chi connectivity index (χ4v) is 3.96. The van der Waals surface area contributed by atoms with E-state index in [1.54, 1.807) is 6.20 Å². The van der Waals surface area contributed by atoms with Gasteiger partial charge in [0.05, 0.1) is 12.6 Å². The summed E-state index contributed by atoms with van der Waals surface area (Å²) in [5, 5.41) is 19.1. The second kappa shape index (κ2) is 11.5. The molecule has 2 aliphatic heterocycles. The van der Waals surface area contributed by atoms with E-state index in [9.17, 15) is 0 Å². The maximum atomic E-state index is 8.67. The van der Waals surface area contributed by atoms with Gasteiger partial charge in [0.1, 0.15) is 17.7 Å². The maximum Gasteiger partial charge on any atom is 0.223 e. The molecule has 0 spiro atoms. The van der Waals surface area contributed by atoms with Crippen LogP contribution >= 0.6 is 0 Å². The molecule has 0 radical (unpaired) electrons. The summed E-state index contributed by atoms with van der Waals surface area (Å²) in [7, 11) is 0. The molecule has 2 unspecified atom stereocenters. The number of guanidine groups is 1. The molecule has 9 heteroatoms. The number of nitrogens with one attached hydrogen (secondary N) is 4. The number of rotatable bonds is 8. The van der Waals surface area contributed by atoms with E-state index in [0.717, 1.165) is 30.3 Å². The maximum absolute atomic E-state index is 8.67. The number of nitrogens with zero attached hydrogens (tertiary/aromatic N) is 4. The summed E-state index contributed by atoms with van der Waals surface area (Å²) in [6.45, 7) is 14.0. The first kappa shape index (κ1) is 24.3. The van der Waals surface area contributed by atoms with E-state index in [1.807, 2.05) is 32.9 Å². The van der Waals surface area contributed by atoms with Gasteiger partial charge in [-0.2, -0.15) is 4.99 Å². The Morgan fingerprint density at radius 1 is 1.34 bits per heavy atom. The summed E-state index contributed by atoms with van der Waals surface area (Å²) >= 11 is 0. The molecule has 3 heterocycles. The van der Waals surface area contributed by atoms with Crippen molar-refractivity contribution in [3.05, 3.63) is 23.9 Å². The van der Waals surface area contributed by atoms with Gasteiger partial charge in [-0.1, -0.05) is 6.92 Å². The normalized spacial score (nSPS) is 25.8. The zero-order valence-corrected chi connectivity index (χ0v) is 20.0. The number of aliphatic imine (C=N–C) groups is 2.